The minimum absolute atomic E-state index is 0.404. The van der Waals surface area contributed by atoms with E-state index >= 15 is 0 Å². The summed E-state index contributed by atoms with van der Waals surface area (Å²) in [5.41, 5.74) is 0. The van der Waals surface area contributed by atoms with Gasteiger partial charge in [-0.15, -0.1) is 0 Å². The fourth-order valence-electron chi connectivity index (χ4n) is 0.636. The van der Waals surface area contributed by atoms with Crippen LogP contribution in [0.15, 0.2) is 27.3 Å². The summed E-state index contributed by atoms with van der Waals surface area (Å²) in [7, 11) is 1.32. The standard InChI is InChI=1S/C8H7BrO3/c1-11-8(10)3-2-7-6(9)4-5-12-7/h2-5H,1H3/b3-2+. The van der Waals surface area contributed by atoms with E-state index < -0.39 is 5.97 Å². The van der Waals surface area contributed by atoms with Gasteiger partial charge in [-0.2, -0.15) is 0 Å². The molecule has 0 unspecified atom stereocenters. The lowest BCUT2D eigenvalue weighted by molar-refractivity contribution is -0.134. The number of rotatable bonds is 2. The summed E-state index contributed by atoms with van der Waals surface area (Å²) < 4.78 is 10.2. The highest BCUT2D eigenvalue weighted by molar-refractivity contribution is 9.10. The summed E-state index contributed by atoms with van der Waals surface area (Å²) >= 11 is 3.24. The first-order chi connectivity index (χ1) is 5.74. The van der Waals surface area contributed by atoms with Crippen LogP contribution in [0.25, 0.3) is 6.08 Å². The monoisotopic (exact) mass is 230 g/mol. The van der Waals surface area contributed by atoms with Gasteiger partial charge in [0, 0.05) is 6.08 Å². The maximum absolute atomic E-state index is 10.7. The van der Waals surface area contributed by atoms with Gasteiger partial charge in [-0.25, -0.2) is 4.79 Å². The van der Waals surface area contributed by atoms with Crippen LogP contribution < -0.4 is 0 Å². The second-order valence-corrected chi connectivity index (χ2v) is 2.84. The van der Waals surface area contributed by atoms with Gasteiger partial charge in [0.2, 0.25) is 0 Å². The number of carbonyl (C=O) groups is 1. The molecular weight excluding hydrogens is 224 g/mol. The van der Waals surface area contributed by atoms with Crippen LogP contribution in [-0.2, 0) is 9.53 Å². The Morgan fingerprint density at radius 3 is 3.00 bits per heavy atom. The first kappa shape index (κ1) is 9.06. The van der Waals surface area contributed by atoms with E-state index in [2.05, 4.69) is 20.7 Å². The highest BCUT2D eigenvalue weighted by Crippen LogP contribution is 2.18. The lowest BCUT2D eigenvalue weighted by atomic mass is 10.4. The van der Waals surface area contributed by atoms with Crippen molar-refractivity contribution >= 4 is 28.0 Å². The van der Waals surface area contributed by atoms with Crippen LogP contribution in [0.5, 0.6) is 0 Å². The van der Waals surface area contributed by atoms with Gasteiger partial charge in [0.15, 0.2) is 0 Å². The quantitative estimate of drug-likeness (QED) is 0.578. The summed E-state index contributed by atoms with van der Waals surface area (Å²) in [5.74, 6) is 0.193. The third-order valence-electron chi connectivity index (χ3n) is 1.22. The van der Waals surface area contributed by atoms with Crippen LogP contribution in [-0.4, -0.2) is 13.1 Å². The number of hydrogen-bond acceptors (Lipinski definition) is 3. The third kappa shape index (κ3) is 2.23. The van der Waals surface area contributed by atoms with E-state index in [1.165, 1.54) is 25.5 Å². The predicted octanol–water partition coefficient (Wildman–Crippen LogP) is 2.23. The van der Waals surface area contributed by atoms with Gasteiger partial charge in [0.25, 0.3) is 0 Å². The van der Waals surface area contributed by atoms with Crippen LogP contribution in [0.1, 0.15) is 5.76 Å². The smallest absolute Gasteiger partial charge is 0.330 e. The molecule has 0 saturated heterocycles. The summed E-state index contributed by atoms with van der Waals surface area (Å²) in [6.45, 7) is 0. The zero-order valence-corrected chi connectivity index (χ0v) is 8.00. The molecule has 0 bridgehead atoms. The maximum Gasteiger partial charge on any atom is 0.330 e. The summed E-state index contributed by atoms with van der Waals surface area (Å²) in [4.78, 5) is 10.7. The van der Waals surface area contributed by atoms with Gasteiger partial charge in [-0.1, -0.05) is 0 Å². The van der Waals surface area contributed by atoms with E-state index in [1.54, 1.807) is 6.07 Å². The second-order valence-electron chi connectivity index (χ2n) is 1.99. The molecule has 0 radical (unpaired) electrons. The average Bonchev–Trinajstić information content (AvgIpc) is 2.47. The fraction of sp³-hybridized carbons (Fsp3) is 0.125. The van der Waals surface area contributed by atoms with E-state index in [-0.39, 0.29) is 0 Å². The van der Waals surface area contributed by atoms with Gasteiger partial charge in [-0.05, 0) is 28.1 Å². The fourth-order valence-corrected chi connectivity index (χ4v) is 0.970. The Labute approximate surface area is 78.1 Å². The molecule has 1 rings (SSSR count). The SMILES string of the molecule is COC(=O)/C=C/c1occc1Br. The average molecular weight is 231 g/mol. The van der Waals surface area contributed by atoms with Gasteiger partial charge >= 0.3 is 5.97 Å². The first-order valence-electron chi connectivity index (χ1n) is 3.23. The van der Waals surface area contributed by atoms with Crippen LogP contribution in [0.4, 0.5) is 0 Å². The molecule has 1 aromatic heterocycles. The van der Waals surface area contributed by atoms with Gasteiger partial charge in [0.1, 0.15) is 5.76 Å². The molecule has 12 heavy (non-hydrogen) atoms. The normalized spacial score (nSPS) is 10.5. The Balaban J connectivity index is 2.69. The first-order valence-corrected chi connectivity index (χ1v) is 4.02. The highest BCUT2D eigenvalue weighted by atomic mass is 79.9. The molecule has 0 aromatic carbocycles. The molecule has 3 nitrogen and oxygen atoms in total. The van der Waals surface area contributed by atoms with Gasteiger partial charge in [-0.3, -0.25) is 0 Å². The summed E-state index contributed by atoms with van der Waals surface area (Å²) in [5, 5.41) is 0. The van der Waals surface area contributed by atoms with E-state index in [0.717, 1.165) is 4.47 Å². The van der Waals surface area contributed by atoms with Crippen LogP contribution in [0, 0.1) is 0 Å². The van der Waals surface area contributed by atoms with Crippen molar-refractivity contribution in [3.8, 4) is 0 Å². The molecule has 0 fully saturated rings. The number of esters is 1. The van der Waals surface area contributed by atoms with Crippen molar-refractivity contribution in [3.05, 3.63) is 28.6 Å². The molecule has 0 aliphatic heterocycles. The lowest BCUT2D eigenvalue weighted by Crippen LogP contribution is -1.92. The molecule has 0 spiro atoms. The number of furan rings is 1. The Morgan fingerprint density at radius 2 is 2.50 bits per heavy atom. The van der Waals surface area contributed by atoms with Crippen LogP contribution >= 0.6 is 15.9 Å². The van der Waals surface area contributed by atoms with E-state index in [4.69, 9.17) is 4.42 Å². The predicted molar refractivity (Wildman–Crippen MR) is 47.5 cm³/mol. The second kappa shape index (κ2) is 4.11. The zero-order chi connectivity index (χ0) is 8.97. The molecule has 0 atom stereocenters. The number of ether oxygens (including phenoxy) is 1. The van der Waals surface area contributed by atoms with Crippen molar-refractivity contribution in [2.45, 2.75) is 0 Å². The van der Waals surface area contributed by atoms with Crippen molar-refractivity contribution < 1.29 is 13.9 Å². The zero-order valence-electron chi connectivity index (χ0n) is 6.41. The molecule has 0 saturated carbocycles. The summed E-state index contributed by atoms with van der Waals surface area (Å²) in [6.07, 6.45) is 4.36. The molecule has 64 valence electrons. The molecule has 0 N–H and O–H groups in total. The minimum atomic E-state index is -0.404. The molecule has 1 heterocycles. The number of halogens is 1. The summed E-state index contributed by atoms with van der Waals surface area (Å²) in [6, 6.07) is 1.75. The molecule has 4 heteroatoms. The van der Waals surface area contributed by atoms with E-state index in [9.17, 15) is 4.79 Å². The molecule has 1 aromatic rings. The van der Waals surface area contributed by atoms with E-state index in [0.29, 0.717) is 5.76 Å². The van der Waals surface area contributed by atoms with Crippen LogP contribution in [0.3, 0.4) is 0 Å². The van der Waals surface area contributed by atoms with Crippen molar-refractivity contribution in [2.75, 3.05) is 7.11 Å². The maximum atomic E-state index is 10.7. The molecule has 0 aliphatic carbocycles. The molecular formula is C8H7BrO3. The topological polar surface area (TPSA) is 39.4 Å². The van der Waals surface area contributed by atoms with Gasteiger partial charge in [0.05, 0.1) is 17.8 Å². The third-order valence-corrected chi connectivity index (χ3v) is 1.87. The Kier molecular flexibility index (Phi) is 3.10. The highest BCUT2D eigenvalue weighted by Gasteiger charge is 1.99. The Hall–Kier alpha value is -1.03. The van der Waals surface area contributed by atoms with Crippen molar-refractivity contribution in [2.24, 2.45) is 0 Å². The van der Waals surface area contributed by atoms with Crippen molar-refractivity contribution in [1.82, 2.24) is 0 Å². The number of methoxy groups -OCH3 is 1. The minimum Gasteiger partial charge on any atom is -0.466 e. The van der Waals surface area contributed by atoms with Crippen molar-refractivity contribution in [3.63, 3.8) is 0 Å². The lowest BCUT2D eigenvalue weighted by Gasteiger charge is -1.88. The van der Waals surface area contributed by atoms with Crippen LogP contribution in [0.2, 0.25) is 0 Å². The largest absolute Gasteiger partial charge is 0.466 e. The van der Waals surface area contributed by atoms with E-state index in [1.807, 2.05) is 0 Å². The number of hydrogen-bond donors (Lipinski definition) is 0. The van der Waals surface area contributed by atoms with Gasteiger partial charge < -0.3 is 9.15 Å². The Bertz CT molecular complexity index is 301. The molecule has 0 amide bonds. The Morgan fingerprint density at radius 1 is 1.75 bits per heavy atom. The van der Waals surface area contributed by atoms with Crippen molar-refractivity contribution in [1.29, 1.82) is 0 Å². The number of carbonyl (C=O) groups excluding carboxylic acids is 1. The molecule has 0 aliphatic rings.